The molecule has 22 heavy (non-hydrogen) atoms. The minimum atomic E-state index is 0. The van der Waals surface area contributed by atoms with Crippen LogP contribution in [-0.4, -0.2) is 34.1 Å². The molecule has 0 spiro atoms. The zero-order valence-corrected chi connectivity index (χ0v) is 13.2. The summed E-state index contributed by atoms with van der Waals surface area (Å²) in [6.07, 6.45) is 3.75. The second kappa shape index (κ2) is 7.42. The van der Waals surface area contributed by atoms with Gasteiger partial charge >= 0.3 is 0 Å². The molecule has 6 heteroatoms. The van der Waals surface area contributed by atoms with Crippen molar-refractivity contribution in [1.82, 2.24) is 15.1 Å². The summed E-state index contributed by atoms with van der Waals surface area (Å²) in [7, 11) is 0. The van der Waals surface area contributed by atoms with Gasteiger partial charge in [0.25, 0.3) is 5.91 Å². The van der Waals surface area contributed by atoms with E-state index in [4.69, 9.17) is 5.73 Å². The summed E-state index contributed by atoms with van der Waals surface area (Å²) >= 11 is 0. The zero-order chi connectivity index (χ0) is 14.7. The third kappa shape index (κ3) is 3.48. The van der Waals surface area contributed by atoms with Gasteiger partial charge in [-0.15, -0.1) is 12.4 Å². The van der Waals surface area contributed by atoms with Crippen LogP contribution >= 0.6 is 12.4 Å². The van der Waals surface area contributed by atoms with E-state index in [0.29, 0.717) is 12.5 Å². The summed E-state index contributed by atoms with van der Waals surface area (Å²) < 4.78 is 0. The number of carbonyl (C=O) groups excluding carboxylic acids is 1. The van der Waals surface area contributed by atoms with Crippen molar-refractivity contribution in [2.75, 3.05) is 13.1 Å². The first-order valence-corrected chi connectivity index (χ1v) is 7.35. The lowest BCUT2D eigenvalue weighted by molar-refractivity contribution is 0.0712. The van der Waals surface area contributed by atoms with Gasteiger partial charge in [-0.3, -0.25) is 9.89 Å². The Hall–Kier alpha value is -1.85. The van der Waals surface area contributed by atoms with Crippen molar-refractivity contribution in [3.63, 3.8) is 0 Å². The molecule has 3 N–H and O–H groups in total. The van der Waals surface area contributed by atoms with Crippen LogP contribution in [0, 0.1) is 0 Å². The topological polar surface area (TPSA) is 75.0 Å². The van der Waals surface area contributed by atoms with Crippen molar-refractivity contribution < 1.29 is 4.79 Å². The van der Waals surface area contributed by atoms with E-state index in [-0.39, 0.29) is 18.3 Å². The molecule has 0 aliphatic carbocycles. The third-order valence-corrected chi connectivity index (χ3v) is 4.18. The van der Waals surface area contributed by atoms with Crippen molar-refractivity contribution in [3.05, 3.63) is 53.3 Å². The predicted molar refractivity (Wildman–Crippen MR) is 88.0 cm³/mol. The van der Waals surface area contributed by atoms with E-state index < -0.39 is 0 Å². The normalized spacial score (nSPS) is 15.4. The fourth-order valence-electron chi connectivity index (χ4n) is 2.85. The molecular weight excluding hydrogens is 300 g/mol. The summed E-state index contributed by atoms with van der Waals surface area (Å²) in [5.74, 6) is 0.595. The Morgan fingerprint density at radius 2 is 1.91 bits per heavy atom. The average molecular weight is 321 g/mol. The van der Waals surface area contributed by atoms with Gasteiger partial charge in [0.15, 0.2) is 0 Å². The van der Waals surface area contributed by atoms with Crippen molar-refractivity contribution in [3.8, 4) is 0 Å². The van der Waals surface area contributed by atoms with E-state index in [1.807, 2.05) is 35.2 Å². The number of nitrogens with zero attached hydrogens (tertiary/aromatic N) is 2. The number of rotatable bonds is 3. The molecule has 3 rings (SSSR count). The van der Waals surface area contributed by atoms with Crippen LogP contribution in [0.5, 0.6) is 0 Å². The van der Waals surface area contributed by atoms with Crippen LogP contribution in [0.3, 0.4) is 0 Å². The van der Waals surface area contributed by atoms with Crippen molar-refractivity contribution in [2.45, 2.75) is 25.3 Å². The van der Waals surface area contributed by atoms with Gasteiger partial charge in [0, 0.05) is 43.0 Å². The Morgan fingerprint density at radius 1 is 1.23 bits per heavy atom. The fraction of sp³-hybridized carbons (Fsp3) is 0.375. The highest BCUT2D eigenvalue weighted by molar-refractivity contribution is 5.94. The summed E-state index contributed by atoms with van der Waals surface area (Å²) in [5.41, 5.74) is 8.54. The van der Waals surface area contributed by atoms with Crippen LogP contribution in [0.4, 0.5) is 0 Å². The Kier molecular flexibility index (Phi) is 5.57. The van der Waals surface area contributed by atoms with E-state index in [1.165, 1.54) is 5.69 Å². The third-order valence-electron chi connectivity index (χ3n) is 4.18. The number of likely N-dealkylation sites (tertiary alicyclic amines) is 1. The molecule has 1 aliphatic rings. The van der Waals surface area contributed by atoms with E-state index in [9.17, 15) is 4.79 Å². The molecule has 0 atom stereocenters. The van der Waals surface area contributed by atoms with Gasteiger partial charge in [-0.1, -0.05) is 12.1 Å². The smallest absolute Gasteiger partial charge is 0.253 e. The standard InChI is InChI=1S/C16H20N4O.ClH/c17-11-12-1-3-14(4-2-12)16(21)20-9-6-13(7-10-20)15-5-8-18-19-15;/h1-5,8,13H,6-7,9-11,17H2,(H,18,19);1H. The van der Waals surface area contributed by atoms with Crippen LogP contribution in [-0.2, 0) is 6.54 Å². The molecule has 2 aromatic rings. The monoisotopic (exact) mass is 320 g/mol. The SMILES string of the molecule is Cl.NCc1ccc(C(=O)N2CCC(c3ccn[nH]3)CC2)cc1. The molecule has 1 aromatic heterocycles. The molecule has 0 saturated carbocycles. The number of nitrogens with two attached hydrogens (primary N) is 1. The molecule has 118 valence electrons. The molecule has 5 nitrogen and oxygen atoms in total. The Morgan fingerprint density at radius 3 is 2.45 bits per heavy atom. The summed E-state index contributed by atoms with van der Waals surface area (Å²) in [6.45, 7) is 2.09. The van der Waals surface area contributed by atoms with Crippen LogP contribution in [0.2, 0.25) is 0 Å². The average Bonchev–Trinajstić information content (AvgIpc) is 3.09. The van der Waals surface area contributed by atoms with E-state index in [0.717, 1.165) is 37.1 Å². The number of halogens is 1. The molecular formula is C16H21ClN4O. The van der Waals surface area contributed by atoms with Crippen molar-refractivity contribution in [1.29, 1.82) is 0 Å². The van der Waals surface area contributed by atoms with Crippen LogP contribution in [0.15, 0.2) is 36.5 Å². The van der Waals surface area contributed by atoms with Crippen LogP contribution in [0.25, 0.3) is 0 Å². The van der Waals surface area contributed by atoms with Gasteiger partial charge in [-0.05, 0) is 36.6 Å². The van der Waals surface area contributed by atoms with Gasteiger partial charge in [0.05, 0.1) is 0 Å². The minimum Gasteiger partial charge on any atom is -0.339 e. The highest BCUT2D eigenvalue weighted by atomic mass is 35.5. The van der Waals surface area contributed by atoms with Gasteiger partial charge in [-0.2, -0.15) is 5.10 Å². The summed E-state index contributed by atoms with van der Waals surface area (Å²) in [6, 6.07) is 9.60. The number of amides is 1. The maximum absolute atomic E-state index is 12.5. The molecule has 1 saturated heterocycles. The first-order chi connectivity index (χ1) is 10.3. The number of hydrogen-bond acceptors (Lipinski definition) is 3. The number of H-pyrrole nitrogens is 1. The number of hydrogen-bond donors (Lipinski definition) is 2. The lowest BCUT2D eigenvalue weighted by atomic mass is 9.93. The first kappa shape index (κ1) is 16.5. The second-order valence-corrected chi connectivity index (χ2v) is 5.48. The molecule has 1 amide bonds. The lowest BCUT2D eigenvalue weighted by Gasteiger charge is -2.31. The first-order valence-electron chi connectivity index (χ1n) is 7.35. The molecule has 0 radical (unpaired) electrons. The molecule has 1 aromatic carbocycles. The number of aromatic amines is 1. The highest BCUT2D eigenvalue weighted by Gasteiger charge is 2.25. The Balaban J connectivity index is 0.00000176. The van der Waals surface area contributed by atoms with Crippen LogP contribution < -0.4 is 5.73 Å². The van der Waals surface area contributed by atoms with Crippen molar-refractivity contribution in [2.24, 2.45) is 5.73 Å². The molecule has 1 aliphatic heterocycles. The Labute approximate surface area is 136 Å². The summed E-state index contributed by atoms with van der Waals surface area (Å²) in [5, 5.41) is 7.03. The second-order valence-electron chi connectivity index (χ2n) is 5.48. The lowest BCUT2D eigenvalue weighted by Crippen LogP contribution is -2.38. The minimum absolute atomic E-state index is 0. The number of nitrogens with one attached hydrogen (secondary N) is 1. The predicted octanol–water partition coefficient (Wildman–Crippen LogP) is 2.31. The Bertz CT molecular complexity index is 589. The highest BCUT2D eigenvalue weighted by Crippen LogP contribution is 2.27. The number of aromatic nitrogens is 2. The molecule has 1 fully saturated rings. The number of benzene rings is 1. The van der Waals surface area contributed by atoms with Crippen molar-refractivity contribution >= 4 is 18.3 Å². The van der Waals surface area contributed by atoms with E-state index in [1.54, 1.807) is 6.20 Å². The number of carbonyl (C=O) groups is 1. The molecule has 0 bridgehead atoms. The maximum Gasteiger partial charge on any atom is 0.253 e. The fourth-order valence-corrected chi connectivity index (χ4v) is 2.85. The van der Waals surface area contributed by atoms with Gasteiger partial charge in [0.1, 0.15) is 0 Å². The van der Waals surface area contributed by atoms with Gasteiger partial charge in [0.2, 0.25) is 0 Å². The van der Waals surface area contributed by atoms with Gasteiger partial charge in [-0.25, -0.2) is 0 Å². The van der Waals surface area contributed by atoms with Crippen LogP contribution in [0.1, 0.15) is 40.4 Å². The van der Waals surface area contributed by atoms with Gasteiger partial charge < -0.3 is 10.6 Å². The van der Waals surface area contributed by atoms with E-state index >= 15 is 0 Å². The maximum atomic E-state index is 12.5. The molecule has 0 unspecified atom stereocenters. The quantitative estimate of drug-likeness (QED) is 0.911. The molecule has 2 heterocycles. The largest absolute Gasteiger partial charge is 0.339 e. The van der Waals surface area contributed by atoms with E-state index in [2.05, 4.69) is 10.2 Å². The number of piperidine rings is 1. The summed E-state index contributed by atoms with van der Waals surface area (Å²) in [4.78, 5) is 14.4. The zero-order valence-electron chi connectivity index (χ0n) is 12.4.